The Morgan fingerprint density at radius 3 is 2.54 bits per heavy atom. The monoisotopic (exact) mass is 359 g/mol. The Labute approximate surface area is 154 Å². The summed E-state index contributed by atoms with van der Waals surface area (Å²) in [6.07, 6.45) is 3.15. The van der Waals surface area contributed by atoms with Crippen LogP contribution in [0.15, 0.2) is 30.3 Å². The number of carbonyl (C=O) groups excluding carboxylic acids is 2. The minimum atomic E-state index is -0.185. The minimum absolute atomic E-state index is 0.0106. The molecule has 1 aromatic rings. The van der Waals surface area contributed by atoms with Gasteiger partial charge in [0.25, 0.3) is 5.91 Å². The number of amides is 2. The van der Waals surface area contributed by atoms with Gasteiger partial charge in [-0.05, 0) is 18.4 Å². The first kappa shape index (κ1) is 17.6. The zero-order chi connectivity index (χ0) is 17.9. The SMILES string of the molecule is O=C1C[C@H]([NH+]2CC[NH+](C[C@@H]3CCCO3)CC2)C(=O)N1Cc1ccccc1. The quantitative estimate of drug-likeness (QED) is 0.615. The molecule has 26 heavy (non-hydrogen) atoms. The van der Waals surface area contributed by atoms with E-state index in [2.05, 4.69) is 0 Å². The molecule has 3 fully saturated rings. The Kier molecular flexibility index (Phi) is 5.33. The van der Waals surface area contributed by atoms with Crippen LogP contribution >= 0.6 is 0 Å². The summed E-state index contributed by atoms with van der Waals surface area (Å²) in [6.45, 7) is 6.45. The Morgan fingerprint density at radius 2 is 1.85 bits per heavy atom. The lowest BCUT2D eigenvalue weighted by molar-refractivity contribution is -1.02. The number of hydrogen-bond acceptors (Lipinski definition) is 3. The lowest BCUT2D eigenvalue weighted by Gasteiger charge is -2.33. The number of hydrogen-bond donors (Lipinski definition) is 2. The van der Waals surface area contributed by atoms with Crippen LogP contribution in [0.2, 0.25) is 0 Å². The van der Waals surface area contributed by atoms with E-state index in [1.54, 1.807) is 4.90 Å². The van der Waals surface area contributed by atoms with Crippen molar-refractivity contribution in [2.24, 2.45) is 0 Å². The Morgan fingerprint density at radius 1 is 1.08 bits per heavy atom. The molecule has 0 aliphatic carbocycles. The summed E-state index contributed by atoms with van der Waals surface area (Å²) in [7, 11) is 0. The zero-order valence-corrected chi connectivity index (χ0v) is 15.3. The number of benzene rings is 1. The Hall–Kier alpha value is -1.76. The van der Waals surface area contributed by atoms with Crippen LogP contribution in [0.3, 0.4) is 0 Å². The van der Waals surface area contributed by atoms with Crippen molar-refractivity contribution in [3.63, 3.8) is 0 Å². The predicted octanol–water partition coefficient (Wildman–Crippen LogP) is -1.72. The summed E-state index contributed by atoms with van der Waals surface area (Å²) in [5.41, 5.74) is 1.01. The average Bonchev–Trinajstić information content (AvgIpc) is 3.27. The molecular formula is C20H29N3O3+2. The molecule has 3 heterocycles. The van der Waals surface area contributed by atoms with E-state index in [1.807, 2.05) is 30.3 Å². The first-order chi connectivity index (χ1) is 12.7. The van der Waals surface area contributed by atoms with Crippen LogP contribution < -0.4 is 9.80 Å². The van der Waals surface area contributed by atoms with Crippen molar-refractivity contribution in [2.75, 3.05) is 39.3 Å². The van der Waals surface area contributed by atoms with Gasteiger partial charge in [0.2, 0.25) is 5.91 Å². The van der Waals surface area contributed by atoms with Crippen LogP contribution in [0.25, 0.3) is 0 Å². The first-order valence-corrected chi connectivity index (χ1v) is 9.88. The number of imide groups is 1. The zero-order valence-electron chi connectivity index (χ0n) is 15.3. The van der Waals surface area contributed by atoms with Crippen molar-refractivity contribution in [3.8, 4) is 0 Å². The fourth-order valence-electron chi connectivity index (χ4n) is 4.54. The number of carbonyl (C=O) groups is 2. The molecule has 3 aliphatic rings. The summed E-state index contributed by atoms with van der Waals surface area (Å²) in [5, 5.41) is 0. The molecule has 2 N–H and O–H groups in total. The van der Waals surface area contributed by atoms with Gasteiger partial charge in [-0.15, -0.1) is 0 Å². The molecule has 2 atom stereocenters. The molecular weight excluding hydrogens is 330 g/mol. The van der Waals surface area contributed by atoms with Gasteiger partial charge in [0.05, 0.1) is 13.0 Å². The number of quaternary nitrogens is 2. The summed E-state index contributed by atoms with van der Waals surface area (Å²) < 4.78 is 5.75. The van der Waals surface area contributed by atoms with Gasteiger partial charge in [0.15, 0.2) is 6.04 Å². The van der Waals surface area contributed by atoms with Gasteiger partial charge in [-0.3, -0.25) is 14.5 Å². The third kappa shape index (κ3) is 3.82. The van der Waals surface area contributed by atoms with Gasteiger partial charge in [-0.1, -0.05) is 30.3 Å². The van der Waals surface area contributed by atoms with Crippen molar-refractivity contribution in [3.05, 3.63) is 35.9 Å². The average molecular weight is 359 g/mol. The van der Waals surface area contributed by atoms with Crippen LogP contribution in [0.1, 0.15) is 24.8 Å². The van der Waals surface area contributed by atoms with Gasteiger partial charge in [0, 0.05) is 6.61 Å². The minimum Gasteiger partial charge on any atom is -0.372 e. The molecule has 140 valence electrons. The molecule has 0 unspecified atom stereocenters. The summed E-state index contributed by atoms with van der Waals surface area (Å²) in [5.74, 6) is -0.0121. The molecule has 3 aliphatic heterocycles. The molecule has 4 rings (SSSR count). The molecule has 6 heteroatoms. The molecule has 0 radical (unpaired) electrons. The van der Waals surface area contributed by atoms with Crippen molar-refractivity contribution < 1.29 is 24.1 Å². The van der Waals surface area contributed by atoms with E-state index in [1.165, 1.54) is 22.6 Å². The normalized spacial score (nSPS) is 32.4. The van der Waals surface area contributed by atoms with Crippen molar-refractivity contribution in [2.45, 2.75) is 38.0 Å². The summed E-state index contributed by atoms with van der Waals surface area (Å²) >= 11 is 0. The molecule has 0 saturated carbocycles. The maximum absolute atomic E-state index is 12.8. The van der Waals surface area contributed by atoms with E-state index < -0.39 is 0 Å². The number of nitrogens with one attached hydrogen (secondary N) is 2. The van der Waals surface area contributed by atoms with E-state index in [-0.39, 0.29) is 17.9 Å². The molecule has 6 nitrogen and oxygen atoms in total. The van der Waals surface area contributed by atoms with E-state index in [0.29, 0.717) is 19.1 Å². The predicted molar refractivity (Wildman–Crippen MR) is 95.6 cm³/mol. The maximum Gasteiger partial charge on any atom is 0.288 e. The molecule has 0 spiro atoms. The standard InChI is InChI=1S/C20H27N3O3/c24-19-13-18(20(25)23(19)14-16-5-2-1-3-6-16)22-10-8-21(9-11-22)15-17-7-4-12-26-17/h1-3,5-6,17-18H,4,7-15H2/p+2/t17-,18-/m0/s1. The fraction of sp³-hybridized carbons (Fsp3) is 0.600. The molecule has 0 bridgehead atoms. The highest BCUT2D eigenvalue weighted by Crippen LogP contribution is 2.15. The highest BCUT2D eigenvalue weighted by molar-refractivity contribution is 6.04. The largest absolute Gasteiger partial charge is 0.372 e. The molecule has 3 saturated heterocycles. The van der Waals surface area contributed by atoms with Crippen LogP contribution in [0, 0.1) is 0 Å². The second-order valence-electron chi connectivity index (χ2n) is 7.81. The second kappa shape index (κ2) is 7.86. The van der Waals surface area contributed by atoms with Crippen LogP contribution in [0.5, 0.6) is 0 Å². The smallest absolute Gasteiger partial charge is 0.288 e. The van der Waals surface area contributed by atoms with Crippen molar-refractivity contribution >= 4 is 11.8 Å². The van der Waals surface area contributed by atoms with Gasteiger partial charge < -0.3 is 14.5 Å². The van der Waals surface area contributed by atoms with Crippen molar-refractivity contribution in [1.82, 2.24) is 4.90 Å². The highest BCUT2D eigenvalue weighted by Gasteiger charge is 2.46. The third-order valence-corrected chi connectivity index (χ3v) is 6.06. The van der Waals surface area contributed by atoms with Crippen LogP contribution in [-0.2, 0) is 20.9 Å². The van der Waals surface area contributed by atoms with Crippen LogP contribution in [-0.4, -0.2) is 68.2 Å². The van der Waals surface area contributed by atoms with E-state index >= 15 is 0 Å². The van der Waals surface area contributed by atoms with E-state index in [0.717, 1.165) is 44.9 Å². The molecule has 2 amide bonds. The molecule has 1 aromatic carbocycles. The molecule has 0 aromatic heterocycles. The maximum atomic E-state index is 12.8. The lowest BCUT2D eigenvalue weighted by atomic mass is 10.1. The summed E-state index contributed by atoms with van der Waals surface area (Å²) in [4.78, 5) is 29.6. The number of rotatable bonds is 5. The second-order valence-corrected chi connectivity index (χ2v) is 7.81. The Bertz CT molecular complexity index is 637. The number of nitrogens with zero attached hydrogens (tertiary/aromatic N) is 1. The highest BCUT2D eigenvalue weighted by atomic mass is 16.5. The lowest BCUT2D eigenvalue weighted by Crippen LogP contribution is -3.30. The van der Waals surface area contributed by atoms with Gasteiger partial charge >= 0.3 is 0 Å². The number of likely N-dealkylation sites (tertiary alicyclic amines) is 1. The van der Waals surface area contributed by atoms with E-state index in [4.69, 9.17) is 4.74 Å². The van der Waals surface area contributed by atoms with Gasteiger partial charge in [-0.2, -0.15) is 0 Å². The number of ether oxygens (including phenoxy) is 1. The van der Waals surface area contributed by atoms with Gasteiger partial charge in [0.1, 0.15) is 38.8 Å². The number of piperazine rings is 1. The first-order valence-electron chi connectivity index (χ1n) is 9.88. The van der Waals surface area contributed by atoms with Crippen molar-refractivity contribution in [1.29, 1.82) is 0 Å². The fourth-order valence-corrected chi connectivity index (χ4v) is 4.54. The third-order valence-electron chi connectivity index (χ3n) is 6.06. The summed E-state index contributed by atoms with van der Waals surface area (Å²) in [6, 6.07) is 9.58. The Balaban J connectivity index is 1.31. The van der Waals surface area contributed by atoms with Gasteiger partial charge in [-0.25, -0.2) is 0 Å². The topological polar surface area (TPSA) is 55.5 Å². The van der Waals surface area contributed by atoms with E-state index in [9.17, 15) is 9.59 Å². The van der Waals surface area contributed by atoms with Crippen LogP contribution in [0.4, 0.5) is 0 Å².